The van der Waals surface area contributed by atoms with Crippen molar-refractivity contribution in [1.29, 1.82) is 0 Å². The molecule has 0 bridgehead atoms. The summed E-state index contributed by atoms with van der Waals surface area (Å²) in [5.74, 6) is 0.943. The third kappa shape index (κ3) is 3.34. The molecule has 25 heavy (non-hydrogen) atoms. The molecule has 0 radical (unpaired) electrons. The number of benzene rings is 2. The molecule has 2 heterocycles. The highest BCUT2D eigenvalue weighted by molar-refractivity contribution is 7.88. The first-order chi connectivity index (χ1) is 12.0. The predicted octanol–water partition coefficient (Wildman–Crippen LogP) is 2.87. The molecule has 2 aromatic carbocycles. The Bertz CT molecular complexity index is 900. The van der Waals surface area contributed by atoms with E-state index in [4.69, 9.17) is 9.47 Å². The standard InChI is InChI=1S/C18H18FNO4S/c19-16-3-1-2-13(8-16)11-25(21,22)20-7-6-15(10-20)14-4-5-17-18(9-14)24-12-23-17/h1-5,8-9,15H,6-7,10-12H2. The maximum absolute atomic E-state index is 13.3. The van der Waals surface area contributed by atoms with Crippen molar-refractivity contribution in [3.63, 3.8) is 0 Å². The molecule has 2 aromatic rings. The van der Waals surface area contributed by atoms with Crippen molar-refractivity contribution in [3.05, 3.63) is 59.4 Å². The van der Waals surface area contributed by atoms with Crippen molar-refractivity contribution in [2.75, 3.05) is 19.9 Å². The van der Waals surface area contributed by atoms with Crippen LogP contribution >= 0.6 is 0 Å². The Morgan fingerprint density at radius 1 is 1.12 bits per heavy atom. The molecule has 0 amide bonds. The van der Waals surface area contributed by atoms with Crippen molar-refractivity contribution >= 4 is 10.0 Å². The van der Waals surface area contributed by atoms with Gasteiger partial charge < -0.3 is 9.47 Å². The lowest BCUT2D eigenvalue weighted by atomic mass is 9.98. The van der Waals surface area contributed by atoms with Crippen LogP contribution in [0.3, 0.4) is 0 Å². The Kier molecular flexibility index (Phi) is 4.13. The van der Waals surface area contributed by atoms with Crippen LogP contribution < -0.4 is 9.47 Å². The van der Waals surface area contributed by atoms with Crippen LogP contribution in [0.25, 0.3) is 0 Å². The second kappa shape index (κ2) is 6.31. The summed E-state index contributed by atoms with van der Waals surface area (Å²) in [5, 5.41) is 0. The van der Waals surface area contributed by atoms with E-state index in [0.29, 0.717) is 24.4 Å². The van der Waals surface area contributed by atoms with Crippen LogP contribution in [0, 0.1) is 5.82 Å². The van der Waals surface area contributed by atoms with Crippen molar-refractivity contribution in [2.24, 2.45) is 0 Å². The van der Waals surface area contributed by atoms with Gasteiger partial charge >= 0.3 is 0 Å². The third-order valence-electron chi connectivity index (χ3n) is 4.65. The summed E-state index contributed by atoms with van der Waals surface area (Å²) in [6, 6.07) is 11.5. The van der Waals surface area contributed by atoms with Crippen LogP contribution in [-0.4, -0.2) is 32.6 Å². The second-order valence-corrected chi connectivity index (χ2v) is 8.31. The smallest absolute Gasteiger partial charge is 0.231 e. The van der Waals surface area contributed by atoms with Crippen LogP contribution in [0.15, 0.2) is 42.5 Å². The molecule has 1 fully saturated rings. The van der Waals surface area contributed by atoms with Crippen LogP contribution in [-0.2, 0) is 15.8 Å². The molecular formula is C18H18FNO4S. The predicted molar refractivity (Wildman–Crippen MR) is 90.5 cm³/mol. The molecule has 2 aliphatic rings. The Hall–Kier alpha value is -2.12. The van der Waals surface area contributed by atoms with E-state index in [2.05, 4.69) is 0 Å². The third-order valence-corrected chi connectivity index (χ3v) is 6.47. The van der Waals surface area contributed by atoms with Gasteiger partial charge in [0.05, 0.1) is 5.75 Å². The van der Waals surface area contributed by atoms with E-state index in [1.807, 2.05) is 18.2 Å². The number of nitrogens with zero attached hydrogens (tertiary/aromatic N) is 1. The summed E-state index contributed by atoms with van der Waals surface area (Å²) in [7, 11) is -3.47. The van der Waals surface area contributed by atoms with Crippen molar-refractivity contribution in [2.45, 2.75) is 18.1 Å². The van der Waals surface area contributed by atoms with Crippen LogP contribution in [0.2, 0.25) is 0 Å². The summed E-state index contributed by atoms with van der Waals surface area (Å²) in [6.45, 7) is 1.12. The quantitative estimate of drug-likeness (QED) is 0.838. The average molecular weight is 363 g/mol. The molecule has 1 unspecified atom stereocenters. The van der Waals surface area contributed by atoms with E-state index < -0.39 is 15.8 Å². The van der Waals surface area contributed by atoms with E-state index >= 15 is 0 Å². The van der Waals surface area contributed by atoms with Gasteiger partial charge in [0.1, 0.15) is 5.82 Å². The second-order valence-electron chi connectivity index (χ2n) is 6.34. The van der Waals surface area contributed by atoms with Crippen molar-refractivity contribution < 1.29 is 22.3 Å². The SMILES string of the molecule is O=S(=O)(Cc1cccc(F)c1)N1CCC(c2ccc3c(c2)OCO3)C1. The number of hydrogen-bond donors (Lipinski definition) is 0. The Labute approximate surface area is 146 Å². The van der Waals surface area contributed by atoms with E-state index in [9.17, 15) is 12.8 Å². The van der Waals surface area contributed by atoms with Gasteiger partial charge in [-0.1, -0.05) is 18.2 Å². The van der Waals surface area contributed by atoms with Gasteiger partial charge in [0, 0.05) is 13.1 Å². The summed E-state index contributed by atoms with van der Waals surface area (Å²) >= 11 is 0. The molecule has 7 heteroatoms. The molecule has 1 saturated heterocycles. The molecule has 5 nitrogen and oxygen atoms in total. The summed E-state index contributed by atoms with van der Waals surface area (Å²) < 4.78 is 50.7. The van der Waals surface area contributed by atoms with Gasteiger partial charge in [-0.2, -0.15) is 0 Å². The number of rotatable bonds is 4. The first-order valence-corrected chi connectivity index (χ1v) is 9.74. The van der Waals surface area contributed by atoms with Crippen LogP contribution in [0.1, 0.15) is 23.5 Å². The lowest BCUT2D eigenvalue weighted by Crippen LogP contribution is -2.29. The van der Waals surface area contributed by atoms with Gasteiger partial charge in [0.25, 0.3) is 0 Å². The molecule has 1 atom stereocenters. The topological polar surface area (TPSA) is 55.8 Å². The largest absolute Gasteiger partial charge is 0.454 e. The first kappa shape index (κ1) is 16.4. The summed E-state index contributed by atoms with van der Waals surface area (Å²) in [5.41, 5.74) is 1.51. The molecule has 0 saturated carbocycles. The molecule has 0 spiro atoms. The number of ether oxygens (including phenoxy) is 2. The van der Waals surface area contributed by atoms with Gasteiger partial charge in [-0.15, -0.1) is 0 Å². The monoisotopic (exact) mass is 363 g/mol. The molecule has 0 N–H and O–H groups in total. The molecular weight excluding hydrogens is 345 g/mol. The molecule has 0 aliphatic carbocycles. The van der Waals surface area contributed by atoms with Crippen LogP contribution in [0.5, 0.6) is 11.5 Å². The lowest BCUT2D eigenvalue weighted by molar-refractivity contribution is 0.174. The lowest BCUT2D eigenvalue weighted by Gasteiger charge is -2.17. The normalized spacial score (nSPS) is 20.1. The number of fused-ring (bicyclic) bond motifs is 1. The average Bonchev–Trinajstić information content (AvgIpc) is 3.23. The molecule has 0 aromatic heterocycles. The van der Waals surface area contributed by atoms with Gasteiger partial charge in [-0.25, -0.2) is 17.1 Å². The zero-order valence-electron chi connectivity index (χ0n) is 13.5. The maximum atomic E-state index is 13.3. The van der Waals surface area contributed by atoms with Gasteiger partial charge in [0.15, 0.2) is 11.5 Å². The highest BCUT2D eigenvalue weighted by Gasteiger charge is 2.32. The van der Waals surface area contributed by atoms with E-state index in [1.54, 1.807) is 6.07 Å². The Balaban J connectivity index is 1.48. The van der Waals surface area contributed by atoms with Crippen LogP contribution in [0.4, 0.5) is 4.39 Å². The summed E-state index contributed by atoms with van der Waals surface area (Å²) in [6.07, 6.45) is 0.752. The minimum Gasteiger partial charge on any atom is -0.454 e. The first-order valence-electron chi connectivity index (χ1n) is 8.13. The molecule has 2 aliphatic heterocycles. The maximum Gasteiger partial charge on any atom is 0.231 e. The van der Waals surface area contributed by atoms with Gasteiger partial charge in [-0.05, 0) is 47.7 Å². The number of halogens is 1. The zero-order valence-corrected chi connectivity index (χ0v) is 14.3. The fourth-order valence-electron chi connectivity index (χ4n) is 3.35. The molecule has 132 valence electrons. The van der Waals surface area contributed by atoms with E-state index in [0.717, 1.165) is 17.7 Å². The minimum atomic E-state index is -3.47. The highest BCUT2D eigenvalue weighted by atomic mass is 32.2. The van der Waals surface area contributed by atoms with Gasteiger partial charge in [0.2, 0.25) is 16.8 Å². The fourth-order valence-corrected chi connectivity index (χ4v) is 4.92. The Morgan fingerprint density at radius 2 is 1.96 bits per heavy atom. The molecule has 4 rings (SSSR count). The highest BCUT2D eigenvalue weighted by Crippen LogP contribution is 2.37. The fraction of sp³-hybridized carbons (Fsp3) is 0.333. The zero-order chi connectivity index (χ0) is 17.4. The minimum absolute atomic E-state index is 0.122. The number of sulfonamides is 1. The van der Waals surface area contributed by atoms with E-state index in [1.165, 1.54) is 22.5 Å². The van der Waals surface area contributed by atoms with Crippen molar-refractivity contribution in [1.82, 2.24) is 4.31 Å². The van der Waals surface area contributed by atoms with E-state index in [-0.39, 0.29) is 18.5 Å². The Morgan fingerprint density at radius 3 is 2.80 bits per heavy atom. The number of hydrogen-bond acceptors (Lipinski definition) is 4. The van der Waals surface area contributed by atoms with Gasteiger partial charge in [-0.3, -0.25) is 0 Å². The van der Waals surface area contributed by atoms with Crippen molar-refractivity contribution in [3.8, 4) is 11.5 Å². The summed E-state index contributed by atoms with van der Waals surface area (Å²) in [4.78, 5) is 0.